The Labute approximate surface area is 160 Å². The molecule has 0 aromatic heterocycles. The summed E-state index contributed by atoms with van der Waals surface area (Å²) in [6.45, 7) is 7.17. The number of carbonyl (C=O) groups excluding carboxylic acids is 1. The molecule has 27 heavy (non-hydrogen) atoms. The third-order valence-electron chi connectivity index (χ3n) is 6.70. The highest BCUT2D eigenvalue weighted by molar-refractivity contribution is 5.77. The van der Waals surface area contributed by atoms with Crippen molar-refractivity contribution in [3.8, 4) is 0 Å². The van der Waals surface area contributed by atoms with Gasteiger partial charge in [-0.3, -0.25) is 14.4 Å². The largest absolute Gasteiger partial charge is 0.380 e. The van der Waals surface area contributed by atoms with Crippen molar-refractivity contribution >= 4 is 17.3 Å². The van der Waals surface area contributed by atoms with Crippen molar-refractivity contribution in [2.45, 2.75) is 45.1 Å². The Bertz CT molecular complexity index is 760. The Kier molecular flexibility index (Phi) is 5.21. The average Bonchev–Trinajstić information content (AvgIpc) is 2.70. The van der Waals surface area contributed by atoms with Gasteiger partial charge in [-0.15, -0.1) is 0 Å². The Morgan fingerprint density at radius 2 is 1.70 bits per heavy atom. The van der Waals surface area contributed by atoms with Crippen LogP contribution in [0.4, 0.5) is 11.4 Å². The van der Waals surface area contributed by atoms with E-state index in [4.69, 9.17) is 0 Å². The van der Waals surface area contributed by atoms with E-state index in [0.717, 1.165) is 6.54 Å². The lowest BCUT2D eigenvalue weighted by Gasteiger charge is -2.44. The minimum Gasteiger partial charge on any atom is -0.380 e. The number of amides is 1. The second kappa shape index (κ2) is 7.62. The van der Waals surface area contributed by atoms with Crippen LogP contribution < -0.4 is 21.1 Å². The lowest BCUT2D eigenvalue weighted by Crippen LogP contribution is -2.53. The number of rotatable bonds is 4. The fraction of sp³-hybridized carbons (Fsp3) is 0.750. The molecule has 3 fully saturated rings. The summed E-state index contributed by atoms with van der Waals surface area (Å²) in [4.78, 5) is 42.2. The molecule has 1 amide bonds. The van der Waals surface area contributed by atoms with Crippen LogP contribution in [-0.2, 0) is 4.79 Å². The molecule has 0 unspecified atom stereocenters. The molecule has 7 nitrogen and oxygen atoms in total. The van der Waals surface area contributed by atoms with Crippen LogP contribution in [0, 0.1) is 5.92 Å². The van der Waals surface area contributed by atoms with Gasteiger partial charge in [-0.1, -0.05) is 6.42 Å². The molecule has 148 valence electrons. The van der Waals surface area contributed by atoms with Gasteiger partial charge in [0.2, 0.25) is 5.91 Å². The fourth-order valence-corrected chi connectivity index (χ4v) is 5.14. The molecule has 0 bridgehead atoms. The highest BCUT2D eigenvalue weighted by atomic mass is 16.2. The topological polar surface area (TPSA) is 73.0 Å². The van der Waals surface area contributed by atoms with Crippen LogP contribution in [0.25, 0.3) is 0 Å². The monoisotopic (exact) mass is 374 g/mol. The van der Waals surface area contributed by atoms with E-state index in [1.54, 1.807) is 11.8 Å². The third-order valence-corrected chi connectivity index (χ3v) is 6.70. The van der Waals surface area contributed by atoms with Gasteiger partial charge in [-0.25, -0.2) is 0 Å². The number of carbonyl (C=O) groups is 1. The summed E-state index contributed by atoms with van der Waals surface area (Å²) in [7, 11) is 0. The van der Waals surface area contributed by atoms with Crippen molar-refractivity contribution in [3.05, 3.63) is 20.4 Å². The molecule has 4 rings (SSSR count). The zero-order chi connectivity index (χ0) is 19.0. The summed E-state index contributed by atoms with van der Waals surface area (Å²) in [6, 6.07) is 0.619. The first kappa shape index (κ1) is 18.5. The summed E-state index contributed by atoms with van der Waals surface area (Å²) in [5.74, 6) is 0.609. The number of anilines is 2. The van der Waals surface area contributed by atoms with Gasteiger partial charge >= 0.3 is 0 Å². The van der Waals surface area contributed by atoms with Crippen LogP contribution in [0.15, 0.2) is 9.59 Å². The van der Waals surface area contributed by atoms with E-state index in [-0.39, 0.29) is 16.8 Å². The van der Waals surface area contributed by atoms with Gasteiger partial charge in [-0.05, 0) is 44.7 Å². The first-order valence-electron chi connectivity index (χ1n) is 10.4. The molecule has 3 saturated heterocycles. The first-order valence-corrected chi connectivity index (χ1v) is 10.4. The zero-order valence-electron chi connectivity index (χ0n) is 16.2. The summed E-state index contributed by atoms with van der Waals surface area (Å²) in [5, 5.41) is 3.34. The lowest BCUT2D eigenvalue weighted by molar-refractivity contribution is -0.129. The molecule has 0 radical (unpaired) electrons. The van der Waals surface area contributed by atoms with Crippen molar-refractivity contribution in [1.29, 1.82) is 0 Å². The molecule has 1 aromatic carbocycles. The predicted molar refractivity (Wildman–Crippen MR) is 106 cm³/mol. The minimum atomic E-state index is -0.379. The van der Waals surface area contributed by atoms with E-state index in [1.165, 1.54) is 45.2 Å². The number of nitrogens with one attached hydrogen (secondary N) is 1. The number of fused-ring (bicyclic) bond motifs is 1. The Morgan fingerprint density at radius 1 is 0.963 bits per heavy atom. The molecule has 1 N–H and O–H groups in total. The van der Waals surface area contributed by atoms with Crippen molar-refractivity contribution in [3.63, 3.8) is 0 Å². The normalized spacial score (nSPS) is 26.9. The maximum Gasteiger partial charge on any atom is 0.253 e. The van der Waals surface area contributed by atoms with E-state index in [9.17, 15) is 14.4 Å². The standard InChI is InChI=1S/C20H30N4O3/c1-14(25)22-9-11-24(12-10-22)18-17(19(26)20(18)27)21-13-15-5-4-8-23-7-3-2-6-16(15)23/h15-16,21H,2-13H2,1H3/t15-,16+/m0/s1. The van der Waals surface area contributed by atoms with Crippen molar-refractivity contribution in [2.24, 2.45) is 5.92 Å². The van der Waals surface area contributed by atoms with E-state index in [0.29, 0.717) is 49.5 Å². The average molecular weight is 374 g/mol. The van der Waals surface area contributed by atoms with Crippen LogP contribution in [0.5, 0.6) is 0 Å². The maximum absolute atomic E-state index is 12.2. The number of hydrogen-bond acceptors (Lipinski definition) is 6. The van der Waals surface area contributed by atoms with Crippen LogP contribution in [0.1, 0.15) is 39.0 Å². The quantitative estimate of drug-likeness (QED) is 0.780. The van der Waals surface area contributed by atoms with Crippen LogP contribution in [0.2, 0.25) is 0 Å². The molecule has 2 atom stereocenters. The van der Waals surface area contributed by atoms with Gasteiger partial charge in [-0.2, -0.15) is 0 Å². The van der Waals surface area contributed by atoms with Gasteiger partial charge in [0.1, 0.15) is 11.4 Å². The van der Waals surface area contributed by atoms with Crippen molar-refractivity contribution in [1.82, 2.24) is 9.80 Å². The molecule has 1 aromatic rings. The smallest absolute Gasteiger partial charge is 0.253 e. The van der Waals surface area contributed by atoms with Crippen molar-refractivity contribution in [2.75, 3.05) is 56.0 Å². The second-order valence-corrected chi connectivity index (χ2v) is 8.26. The third kappa shape index (κ3) is 3.49. The molecular weight excluding hydrogens is 344 g/mol. The van der Waals surface area contributed by atoms with Gasteiger partial charge < -0.3 is 20.0 Å². The Balaban J connectivity index is 1.40. The molecule has 3 aliphatic rings. The SMILES string of the molecule is CC(=O)N1CCN(c2c(NC[C@@H]3CCCN4CCCC[C@H]34)c(=O)c2=O)CC1. The van der Waals surface area contributed by atoms with Gasteiger partial charge in [0.25, 0.3) is 10.9 Å². The Morgan fingerprint density at radius 3 is 2.44 bits per heavy atom. The molecule has 3 aliphatic heterocycles. The first-order chi connectivity index (χ1) is 13.1. The van der Waals surface area contributed by atoms with Gasteiger partial charge in [0.05, 0.1) is 0 Å². The molecular formula is C20H30N4O3. The van der Waals surface area contributed by atoms with Crippen LogP contribution in [0.3, 0.4) is 0 Å². The molecule has 0 spiro atoms. The van der Waals surface area contributed by atoms with E-state index in [1.807, 2.05) is 4.90 Å². The molecule has 0 saturated carbocycles. The number of piperazine rings is 1. The predicted octanol–water partition coefficient (Wildman–Crippen LogP) is 0.628. The summed E-state index contributed by atoms with van der Waals surface area (Å²) >= 11 is 0. The minimum absolute atomic E-state index is 0.0623. The van der Waals surface area contributed by atoms with Crippen molar-refractivity contribution < 1.29 is 4.79 Å². The number of piperidine rings is 2. The van der Waals surface area contributed by atoms with Gasteiger partial charge in [0.15, 0.2) is 0 Å². The summed E-state index contributed by atoms with van der Waals surface area (Å²) < 4.78 is 0. The summed E-state index contributed by atoms with van der Waals surface area (Å²) in [5.41, 5.74) is 0.288. The number of hydrogen-bond donors (Lipinski definition) is 1. The lowest BCUT2D eigenvalue weighted by atomic mass is 9.83. The van der Waals surface area contributed by atoms with E-state index in [2.05, 4.69) is 10.2 Å². The summed E-state index contributed by atoms with van der Waals surface area (Å²) in [6.07, 6.45) is 6.25. The maximum atomic E-state index is 12.2. The highest BCUT2D eigenvalue weighted by Crippen LogP contribution is 2.31. The molecule has 0 aliphatic carbocycles. The van der Waals surface area contributed by atoms with Crippen LogP contribution >= 0.6 is 0 Å². The van der Waals surface area contributed by atoms with Gasteiger partial charge in [0, 0.05) is 45.7 Å². The zero-order valence-corrected chi connectivity index (χ0v) is 16.2. The highest BCUT2D eigenvalue weighted by Gasteiger charge is 2.34. The fourth-order valence-electron chi connectivity index (χ4n) is 5.14. The number of nitrogens with zero attached hydrogens (tertiary/aromatic N) is 3. The van der Waals surface area contributed by atoms with E-state index >= 15 is 0 Å². The second-order valence-electron chi connectivity index (χ2n) is 8.26. The molecule has 7 heteroatoms. The van der Waals surface area contributed by atoms with Crippen LogP contribution in [-0.4, -0.2) is 67.6 Å². The van der Waals surface area contributed by atoms with E-state index < -0.39 is 0 Å². The Hall–Kier alpha value is -1.89. The molecule has 3 heterocycles.